The number of ether oxygens (including phenoxy) is 1. The Labute approximate surface area is 136 Å². The second-order valence-corrected chi connectivity index (χ2v) is 6.26. The van der Waals surface area contributed by atoms with Crippen LogP contribution in [0.1, 0.15) is 6.42 Å². The number of carbonyl (C=O) groups is 2. The van der Waals surface area contributed by atoms with Crippen molar-refractivity contribution < 1.29 is 14.3 Å². The van der Waals surface area contributed by atoms with Crippen molar-refractivity contribution in [1.29, 1.82) is 0 Å². The van der Waals surface area contributed by atoms with Gasteiger partial charge in [-0.25, -0.2) is 0 Å². The van der Waals surface area contributed by atoms with Crippen LogP contribution in [-0.4, -0.2) is 38.4 Å². The molecule has 0 saturated carbocycles. The molecule has 0 radical (unpaired) electrons. The van der Waals surface area contributed by atoms with Gasteiger partial charge in [0.25, 0.3) is 0 Å². The van der Waals surface area contributed by atoms with Gasteiger partial charge in [-0.15, -0.1) is 0 Å². The van der Waals surface area contributed by atoms with E-state index in [1.807, 2.05) is 24.3 Å². The summed E-state index contributed by atoms with van der Waals surface area (Å²) in [6, 6.07) is 9.09. The Morgan fingerprint density at radius 1 is 1.36 bits per heavy atom. The lowest BCUT2D eigenvalue weighted by molar-refractivity contribution is -0.134. The summed E-state index contributed by atoms with van der Waals surface area (Å²) in [7, 11) is 0. The fourth-order valence-electron chi connectivity index (χ4n) is 2.13. The summed E-state index contributed by atoms with van der Waals surface area (Å²) in [4.78, 5) is 29.2. The number of thiocarbonyl (C=S) groups is 1. The average Bonchev–Trinajstić information content (AvgIpc) is 2.84. The normalized spacial score (nSPS) is 14.6. The lowest BCUT2D eigenvalue weighted by Gasteiger charge is -2.14. The summed E-state index contributed by atoms with van der Waals surface area (Å²) < 4.78 is 5.91. The van der Waals surface area contributed by atoms with Gasteiger partial charge in [-0.1, -0.05) is 36.1 Å². The molecule has 1 saturated heterocycles. The van der Waals surface area contributed by atoms with Crippen LogP contribution in [0.25, 0.3) is 10.9 Å². The van der Waals surface area contributed by atoms with E-state index in [9.17, 15) is 9.59 Å². The van der Waals surface area contributed by atoms with Crippen LogP contribution in [0.15, 0.2) is 36.5 Å². The van der Waals surface area contributed by atoms with Crippen molar-refractivity contribution in [3.05, 3.63) is 36.5 Å². The van der Waals surface area contributed by atoms with E-state index in [1.54, 1.807) is 12.3 Å². The predicted octanol–water partition coefficient (Wildman–Crippen LogP) is 2.39. The molecule has 1 amide bonds. The molecule has 1 aliphatic heterocycles. The molecule has 1 aromatic heterocycles. The number of carbonyl (C=O) groups excluding carboxylic acids is 2. The highest BCUT2D eigenvalue weighted by molar-refractivity contribution is 8.23. The zero-order valence-corrected chi connectivity index (χ0v) is 13.2. The maximum Gasteiger partial charge on any atom is 0.313 e. The van der Waals surface area contributed by atoms with Crippen LogP contribution in [0.5, 0.6) is 5.75 Å². The number of pyridine rings is 1. The van der Waals surface area contributed by atoms with Gasteiger partial charge in [0.05, 0.1) is 17.7 Å². The molecule has 0 atom stereocenters. The molecule has 1 fully saturated rings. The lowest BCUT2D eigenvalue weighted by atomic mass is 10.2. The van der Waals surface area contributed by atoms with Gasteiger partial charge in [0.1, 0.15) is 10.1 Å². The highest BCUT2D eigenvalue weighted by atomic mass is 32.2. The van der Waals surface area contributed by atoms with Crippen molar-refractivity contribution >= 4 is 51.1 Å². The second kappa shape index (κ2) is 6.41. The highest BCUT2D eigenvalue weighted by Gasteiger charge is 2.27. The minimum atomic E-state index is -0.399. The van der Waals surface area contributed by atoms with E-state index < -0.39 is 5.97 Å². The van der Waals surface area contributed by atoms with Crippen LogP contribution in [-0.2, 0) is 9.59 Å². The quantitative estimate of drug-likeness (QED) is 0.633. The smallest absolute Gasteiger partial charge is 0.313 e. The predicted molar refractivity (Wildman–Crippen MR) is 88.8 cm³/mol. The average molecular weight is 332 g/mol. The number of amides is 1. The van der Waals surface area contributed by atoms with E-state index in [1.165, 1.54) is 16.7 Å². The number of hydrogen-bond acceptors (Lipinski definition) is 6. The molecular formula is C15H12N2O3S2. The van der Waals surface area contributed by atoms with Crippen molar-refractivity contribution in [3.8, 4) is 5.75 Å². The van der Waals surface area contributed by atoms with Gasteiger partial charge < -0.3 is 4.74 Å². The Hall–Kier alpha value is -1.99. The topological polar surface area (TPSA) is 59.5 Å². The Kier molecular flexibility index (Phi) is 4.35. The molecular weight excluding hydrogens is 320 g/mol. The van der Waals surface area contributed by atoms with Crippen molar-refractivity contribution in [3.63, 3.8) is 0 Å². The van der Waals surface area contributed by atoms with E-state index in [4.69, 9.17) is 17.0 Å². The van der Waals surface area contributed by atoms with Gasteiger partial charge in [0.2, 0.25) is 5.91 Å². The molecule has 2 heterocycles. The lowest BCUT2D eigenvalue weighted by Crippen LogP contribution is -2.31. The van der Waals surface area contributed by atoms with Gasteiger partial charge in [-0.2, -0.15) is 0 Å². The zero-order valence-electron chi connectivity index (χ0n) is 11.5. The number of para-hydroxylation sites is 1. The fourth-order valence-corrected chi connectivity index (χ4v) is 3.25. The Balaban J connectivity index is 1.66. The molecule has 0 spiro atoms. The van der Waals surface area contributed by atoms with E-state index in [0.717, 1.165) is 10.9 Å². The number of benzene rings is 1. The molecule has 1 aromatic carbocycles. The van der Waals surface area contributed by atoms with Crippen molar-refractivity contribution in [2.75, 3.05) is 12.3 Å². The maximum absolute atomic E-state index is 12.0. The first-order chi connectivity index (χ1) is 10.6. The molecule has 7 heteroatoms. The third-order valence-electron chi connectivity index (χ3n) is 3.21. The summed E-state index contributed by atoms with van der Waals surface area (Å²) in [5, 5.41) is 0.779. The first kappa shape index (κ1) is 14.9. The third kappa shape index (κ3) is 3.10. The van der Waals surface area contributed by atoms with Crippen molar-refractivity contribution in [2.45, 2.75) is 6.42 Å². The number of esters is 1. The molecule has 1 aliphatic rings. The van der Waals surface area contributed by atoms with Crippen LogP contribution < -0.4 is 4.74 Å². The Bertz CT molecular complexity index is 742. The van der Waals surface area contributed by atoms with E-state index in [2.05, 4.69) is 4.98 Å². The Morgan fingerprint density at radius 2 is 2.18 bits per heavy atom. The fraction of sp³-hybridized carbons (Fsp3) is 0.200. The molecule has 112 valence electrons. The van der Waals surface area contributed by atoms with Gasteiger partial charge in [-0.3, -0.25) is 19.5 Å². The summed E-state index contributed by atoms with van der Waals surface area (Å²) in [6.07, 6.45) is 1.70. The largest absolute Gasteiger partial charge is 0.426 e. The Morgan fingerprint density at radius 3 is 2.95 bits per heavy atom. The van der Waals surface area contributed by atoms with Gasteiger partial charge >= 0.3 is 5.97 Å². The second-order valence-electron chi connectivity index (χ2n) is 4.65. The summed E-state index contributed by atoms with van der Waals surface area (Å²) >= 11 is 6.39. The number of nitrogens with zero attached hydrogens (tertiary/aromatic N) is 2. The van der Waals surface area contributed by atoms with Gasteiger partial charge in [0.15, 0.2) is 0 Å². The van der Waals surface area contributed by atoms with Crippen molar-refractivity contribution in [2.24, 2.45) is 0 Å². The zero-order chi connectivity index (χ0) is 15.5. The van der Waals surface area contributed by atoms with Gasteiger partial charge in [0, 0.05) is 18.1 Å². The SMILES string of the molecule is O=C(CCN1C(=O)CSC1=S)Oc1ccnc2ccccc12. The van der Waals surface area contributed by atoms with Crippen LogP contribution in [0.4, 0.5) is 0 Å². The van der Waals surface area contributed by atoms with E-state index >= 15 is 0 Å². The number of rotatable bonds is 4. The first-order valence-electron chi connectivity index (χ1n) is 6.67. The molecule has 2 aromatic rings. The molecule has 0 unspecified atom stereocenters. The number of fused-ring (bicyclic) bond motifs is 1. The molecule has 0 bridgehead atoms. The third-order valence-corrected chi connectivity index (χ3v) is 4.65. The van der Waals surface area contributed by atoms with Gasteiger partial charge in [-0.05, 0) is 18.2 Å². The molecule has 0 N–H and O–H groups in total. The standard InChI is InChI=1S/C15H12N2O3S2/c18-13-9-22-15(21)17(13)8-6-14(19)20-12-5-7-16-11-4-2-1-3-10(11)12/h1-5,7H,6,8-9H2. The van der Waals surface area contributed by atoms with Crippen molar-refractivity contribution in [1.82, 2.24) is 9.88 Å². The molecule has 3 rings (SSSR count). The van der Waals surface area contributed by atoms with Crippen LogP contribution in [0.3, 0.4) is 0 Å². The number of thioether (sulfide) groups is 1. The molecule has 0 aliphatic carbocycles. The van der Waals surface area contributed by atoms with Crippen LogP contribution in [0, 0.1) is 0 Å². The van der Waals surface area contributed by atoms with E-state index in [-0.39, 0.29) is 18.9 Å². The van der Waals surface area contributed by atoms with Crippen LogP contribution in [0.2, 0.25) is 0 Å². The molecule has 22 heavy (non-hydrogen) atoms. The maximum atomic E-state index is 12.0. The summed E-state index contributed by atoms with van der Waals surface area (Å²) in [6.45, 7) is 0.256. The van der Waals surface area contributed by atoms with E-state index in [0.29, 0.717) is 15.8 Å². The minimum Gasteiger partial charge on any atom is -0.426 e. The monoisotopic (exact) mass is 332 g/mol. The number of aromatic nitrogens is 1. The molecule has 5 nitrogen and oxygen atoms in total. The number of hydrogen-bond donors (Lipinski definition) is 0. The summed E-state index contributed by atoms with van der Waals surface area (Å²) in [5.74, 6) is 0.365. The summed E-state index contributed by atoms with van der Waals surface area (Å²) in [5.41, 5.74) is 0.764. The first-order valence-corrected chi connectivity index (χ1v) is 8.06. The minimum absolute atomic E-state index is 0.0582. The van der Waals surface area contributed by atoms with Crippen LogP contribution >= 0.6 is 24.0 Å². The highest BCUT2D eigenvalue weighted by Crippen LogP contribution is 2.24.